The van der Waals surface area contributed by atoms with E-state index >= 15 is 0 Å². The summed E-state index contributed by atoms with van der Waals surface area (Å²) < 4.78 is 12.2. The van der Waals surface area contributed by atoms with Gasteiger partial charge in [0.25, 0.3) is 11.8 Å². The van der Waals surface area contributed by atoms with Crippen LogP contribution in [0.5, 0.6) is 0 Å². The minimum Gasteiger partial charge on any atom is -0.472 e. The SMILES string of the molecule is CCn1nccc1-c1nc(C2CCN(C(=O)c3ccoc3)CC2)no1. The molecule has 8 heteroatoms. The first-order valence-electron chi connectivity index (χ1n) is 8.43. The van der Waals surface area contributed by atoms with Gasteiger partial charge in [-0.2, -0.15) is 10.1 Å². The molecule has 0 aromatic carbocycles. The van der Waals surface area contributed by atoms with Crippen molar-refractivity contribution < 1.29 is 13.7 Å². The van der Waals surface area contributed by atoms with E-state index in [0.717, 1.165) is 25.1 Å². The molecule has 0 N–H and O–H groups in total. The molecule has 0 aliphatic carbocycles. The molecule has 3 aromatic rings. The van der Waals surface area contributed by atoms with Crippen molar-refractivity contribution in [2.24, 2.45) is 0 Å². The average molecular weight is 341 g/mol. The lowest BCUT2D eigenvalue weighted by molar-refractivity contribution is 0.0710. The van der Waals surface area contributed by atoms with E-state index in [1.54, 1.807) is 12.3 Å². The molecule has 0 saturated carbocycles. The zero-order chi connectivity index (χ0) is 17.2. The summed E-state index contributed by atoms with van der Waals surface area (Å²) in [5.41, 5.74) is 1.42. The van der Waals surface area contributed by atoms with Gasteiger partial charge in [-0.25, -0.2) is 0 Å². The Morgan fingerprint density at radius 1 is 1.32 bits per heavy atom. The largest absolute Gasteiger partial charge is 0.472 e. The number of rotatable bonds is 4. The minimum absolute atomic E-state index is 0.00727. The van der Waals surface area contributed by atoms with Crippen LogP contribution in [0.4, 0.5) is 0 Å². The predicted octanol–water partition coefficient (Wildman–Crippen LogP) is 2.57. The standard InChI is InChI=1S/C17H19N5O3/c1-2-22-14(3-7-18-22)16-19-15(20-25-16)12-4-8-21(9-5-12)17(23)13-6-10-24-11-13/h3,6-7,10-12H,2,4-5,8-9H2,1H3. The Kier molecular flexibility index (Phi) is 4.09. The summed E-state index contributed by atoms with van der Waals surface area (Å²) in [6.45, 7) is 4.10. The van der Waals surface area contributed by atoms with Gasteiger partial charge in [-0.3, -0.25) is 9.48 Å². The summed E-state index contributed by atoms with van der Waals surface area (Å²) in [6, 6.07) is 3.56. The first-order valence-corrected chi connectivity index (χ1v) is 8.43. The molecule has 1 saturated heterocycles. The Labute approximate surface area is 144 Å². The molecule has 1 aliphatic heterocycles. The molecule has 0 radical (unpaired) electrons. The van der Waals surface area contributed by atoms with Gasteiger partial charge in [-0.15, -0.1) is 0 Å². The number of piperidine rings is 1. The smallest absolute Gasteiger partial charge is 0.276 e. The molecule has 4 rings (SSSR count). The summed E-state index contributed by atoms with van der Waals surface area (Å²) >= 11 is 0. The topological polar surface area (TPSA) is 90.2 Å². The highest BCUT2D eigenvalue weighted by Gasteiger charge is 2.28. The van der Waals surface area contributed by atoms with E-state index in [0.29, 0.717) is 30.4 Å². The maximum atomic E-state index is 12.3. The number of carbonyl (C=O) groups excluding carboxylic acids is 1. The van der Waals surface area contributed by atoms with Gasteiger partial charge in [0, 0.05) is 31.7 Å². The fourth-order valence-corrected chi connectivity index (χ4v) is 3.18. The van der Waals surface area contributed by atoms with Crippen molar-refractivity contribution in [2.45, 2.75) is 32.2 Å². The molecular weight excluding hydrogens is 322 g/mol. The summed E-state index contributed by atoms with van der Waals surface area (Å²) in [6.07, 6.45) is 6.35. The van der Waals surface area contributed by atoms with E-state index in [1.165, 1.54) is 12.5 Å². The van der Waals surface area contributed by atoms with E-state index in [9.17, 15) is 4.79 Å². The van der Waals surface area contributed by atoms with Crippen molar-refractivity contribution in [3.05, 3.63) is 42.2 Å². The average Bonchev–Trinajstić information content (AvgIpc) is 3.41. The number of furan rings is 1. The maximum absolute atomic E-state index is 12.3. The van der Waals surface area contributed by atoms with Crippen molar-refractivity contribution in [1.29, 1.82) is 0 Å². The number of aryl methyl sites for hydroxylation is 1. The molecule has 4 heterocycles. The highest BCUT2D eigenvalue weighted by molar-refractivity contribution is 5.93. The number of likely N-dealkylation sites (tertiary alicyclic amines) is 1. The molecule has 0 spiro atoms. The van der Waals surface area contributed by atoms with E-state index in [-0.39, 0.29) is 11.8 Å². The van der Waals surface area contributed by atoms with Crippen molar-refractivity contribution in [3.8, 4) is 11.6 Å². The van der Waals surface area contributed by atoms with E-state index in [1.807, 2.05) is 22.6 Å². The van der Waals surface area contributed by atoms with Gasteiger partial charge in [-0.1, -0.05) is 5.16 Å². The molecule has 1 fully saturated rings. The number of amides is 1. The van der Waals surface area contributed by atoms with Crippen LogP contribution in [-0.4, -0.2) is 43.8 Å². The Morgan fingerprint density at radius 3 is 2.88 bits per heavy atom. The Morgan fingerprint density at radius 2 is 2.16 bits per heavy atom. The van der Waals surface area contributed by atoms with E-state index in [2.05, 4.69) is 15.2 Å². The van der Waals surface area contributed by atoms with Crippen LogP contribution in [-0.2, 0) is 6.54 Å². The fraction of sp³-hybridized carbons (Fsp3) is 0.412. The first kappa shape index (κ1) is 15.6. The summed E-state index contributed by atoms with van der Waals surface area (Å²) in [7, 11) is 0. The first-order chi connectivity index (χ1) is 12.3. The quantitative estimate of drug-likeness (QED) is 0.724. The predicted molar refractivity (Wildman–Crippen MR) is 87.8 cm³/mol. The van der Waals surface area contributed by atoms with Gasteiger partial charge < -0.3 is 13.8 Å². The monoisotopic (exact) mass is 341 g/mol. The van der Waals surface area contributed by atoms with Crippen LogP contribution in [0, 0.1) is 0 Å². The minimum atomic E-state index is 0.00727. The molecular formula is C17H19N5O3. The number of hydrogen-bond donors (Lipinski definition) is 0. The van der Waals surface area contributed by atoms with Crippen LogP contribution >= 0.6 is 0 Å². The third kappa shape index (κ3) is 2.95. The molecule has 0 bridgehead atoms. The molecule has 1 aliphatic rings. The fourth-order valence-electron chi connectivity index (χ4n) is 3.18. The Balaban J connectivity index is 1.42. The maximum Gasteiger partial charge on any atom is 0.276 e. The number of aromatic nitrogens is 4. The lowest BCUT2D eigenvalue weighted by Gasteiger charge is -2.30. The second-order valence-electron chi connectivity index (χ2n) is 6.07. The highest BCUT2D eigenvalue weighted by Crippen LogP contribution is 2.28. The normalized spacial score (nSPS) is 15.6. The van der Waals surface area contributed by atoms with Crippen LogP contribution < -0.4 is 0 Å². The molecule has 1 amide bonds. The summed E-state index contributed by atoms with van der Waals surface area (Å²) in [5.74, 6) is 1.40. The molecule has 3 aromatic heterocycles. The molecule has 25 heavy (non-hydrogen) atoms. The van der Waals surface area contributed by atoms with Crippen LogP contribution in [0.25, 0.3) is 11.6 Å². The van der Waals surface area contributed by atoms with Crippen molar-refractivity contribution in [1.82, 2.24) is 24.8 Å². The lowest BCUT2D eigenvalue weighted by atomic mass is 9.96. The summed E-state index contributed by atoms with van der Waals surface area (Å²) in [5, 5.41) is 8.37. The third-order valence-corrected chi connectivity index (χ3v) is 4.59. The summed E-state index contributed by atoms with van der Waals surface area (Å²) in [4.78, 5) is 18.7. The van der Waals surface area contributed by atoms with Crippen LogP contribution in [0.1, 0.15) is 41.9 Å². The number of nitrogens with zero attached hydrogens (tertiary/aromatic N) is 5. The van der Waals surface area contributed by atoms with E-state index < -0.39 is 0 Å². The lowest BCUT2D eigenvalue weighted by Crippen LogP contribution is -2.37. The van der Waals surface area contributed by atoms with Crippen LogP contribution in [0.15, 0.2) is 39.8 Å². The van der Waals surface area contributed by atoms with Crippen molar-refractivity contribution in [2.75, 3.05) is 13.1 Å². The highest BCUT2D eigenvalue weighted by atomic mass is 16.5. The zero-order valence-electron chi connectivity index (χ0n) is 14.0. The molecule has 0 atom stereocenters. The number of hydrogen-bond acceptors (Lipinski definition) is 6. The Hall–Kier alpha value is -2.90. The number of carbonyl (C=O) groups is 1. The van der Waals surface area contributed by atoms with Gasteiger partial charge in [0.2, 0.25) is 0 Å². The van der Waals surface area contributed by atoms with Crippen molar-refractivity contribution in [3.63, 3.8) is 0 Å². The third-order valence-electron chi connectivity index (χ3n) is 4.59. The molecule has 0 unspecified atom stereocenters. The van der Waals surface area contributed by atoms with Gasteiger partial charge in [0.05, 0.1) is 11.8 Å². The van der Waals surface area contributed by atoms with Gasteiger partial charge >= 0.3 is 0 Å². The second-order valence-corrected chi connectivity index (χ2v) is 6.07. The molecule has 130 valence electrons. The molecule has 8 nitrogen and oxygen atoms in total. The zero-order valence-corrected chi connectivity index (χ0v) is 14.0. The second kappa shape index (κ2) is 6.54. The van der Waals surface area contributed by atoms with Gasteiger partial charge in [0.15, 0.2) is 5.82 Å². The Bertz CT molecular complexity index is 843. The van der Waals surface area contributed by atoms with Crippen LogP contribution in [0.3, 0.4) is 0 Å². The van der Waals surface area contributed by atoms with Gasteiger partial charge in [0.1, 0.15) is 12.0 Å². The van der Waals surface area contributed by atoms with E-state index in [4.69, 9.17) is 8.94 Å². The van der Waals surface area contributed by atoms with Gasteiger partial charge in [-0.05, 0) is 31.9 Å². The van der Waals surface area contributed by atoms with Crippen molar-refractivity contribution >= 4 is 5.91 Å². The van der Waals surface area contributed by atoms with Crippen LogP contribution in [0.2, 0.25) is 0 Å².